The summed E-state index contributed by atoms with van der Waals surface area (Å²) in [5.41, 5.74) is 0.826. The molecule has 0 aromatic heterocycles. The highest BCUT2D eigenvalue weighted by atomic mass is 16.2. The predicted molar refractivity (Wildman–Crippen MR) is 115 cm³/mol. The minimum absolute atomic E-state index is 0.0217. The van der Waals surface area contributed by atoms with Crippen molar-refractivity contribution in [3.63, 3.8) is 0 Å². The molecule has 0 unspecified atom stereocenters. The largest absolute Gasteiger partial charge is 0.337 e. The van der Waals surface area contributed by atoms with Crippen LogP contribution in [-0.4, -0.2) is 94.6 Å². The fraction of sp³-hybridized carbons (Fsp3) is 0.714. The number of likely N-dealkylation sites (tertiary alicyclic amines) is 1. The SMILES string of the molecule is CC(C)N(C[C@H]1CCCN(C(=O)C2=NN(C)C(=O)CC2)C1)C(=O)C1=NN(C)C(=O)CC1. The number of amides is 4. The van der Waals surface area contributed by atoms with Gasteiger partial charge < -0.3 is 9.80 Å². The van der Waals surface area contributed by atoms with Gasteiger partial charge in [-0.2, -0.15) is 10.2 Å². The van der Waals surface area contributed by atoms with E-state index in [0.717, 1.165) is 12.8 Å². The third-order valence-electron chi connectivity index (χ3n) is 6.05. The molecule has 170 valence electrons. The summed E-state index contributed by atoms with van der Waals surface area (Å²) in [4.78, 5) is 53.0. The third-order valence-corrected chi connectivity index (χ3v) is 6.05. The molecule has 0 radical (unpaired) electrons. The Morgan fingerprint density at radius 2 is 1.58 bits per heavy atom. The molecular formula is C21H32N6O4. The molecule has 1 saturated heterocycles. The number of nitrogens with zero attached hydrogens (tertiary/aromatic N) is 6. The van der Waals surface area contributed by atoms with E-state index >= 15 is 0 Å². The van der Waals surface area contributed by atoms with Crippen LogP contribution in [0.3, 0.4) is 0 Å². The molecular weight excluding hydrogens is 400 g/mol. The molecule has 31 heavy (non-hydrogen) atoms. The molecule has 0 saturated carbocycles. The first-order chi connectivity index (χ1) is 14.7. The molecule has 1 fully saturated rings. The first kappa shape index (κ1) is 22.9. The molecule has 4 amide bonds. The number of hydrogen-bond acceptors (Lipinski definition) is 6. The summed E-state index contributed by atoms with van der Waals surface area (Å²) in [6.07, 6.45) is 3.09. The Labute approximate surface area is 182 Å². The van der Waals surface area contributed by atoms with Gasteiger partial charge in [0.1, 0.15) is 11.4 Å². The smallest absolute Gasteiger partial charge is 0.270 e. The molecule has 0 bridgehead atoms. The lowest BCUT2D eigenvalue weighted by Crippen LogP contribution is -2.50. The minimum atomic E-state index is -0.144. The second-order valence-electron chi connectivity index (χ2n) is 8.74. The van der Waals surface area contributed by atoms with Gasteiger partial charge in [0, 0.05) is 65.5 Å². The number of carbonyl (C=O) groups excluding carboxylic acids is 4. The number of rotatable bonds is 5. The third kappa shape index (κ3) is 5.29. The molecule has 0 spiro atoms. The molecule has 0 aromatic carbocycles. The van der Waals surface area contributed by atoms with Crippen LogP contribution in [0.5, 0.6) is 0 Å². The van der Waals surface area contributed by atoms with Gasteiger partial charge in [0.2, 0.25) is 11.8 Å². The molecule has 0 N–H and O–H groups in total. The average Bonchev–Trinajstić information content (AvgIpc) is 2.75. The zero-order chi connectivity index (χ0) is 22.7. The van der Waals surface area contributed by atoms with Gasteiger partial charge in [-0.1, -0.05) is 0 Å². The number of hydrazone groups is 2. The van der Waals surface area contributed by atoms with E-state index in [9.17, 15) is 19.2 Å². The molecule has 0 aromatic rings. The second kappa shape index (κ2) is 9.57. The Morgan fingerprint density at radius 3 is 2.16 bits per heavy atom. The van der Waals surface area contributed by atoms with E-state index in [-0.39, 0.29) is 42.0 Å². The zero-order valence-electron chi connectivity index (χ0n) is 18.8. The van der Waals surface area contributed by atoms with Crippen LogP contribution in [0.4, 0.5) is 0 Å². The van der Waals surface area contributed by atoms with Crippen molar-refractivity contribution in [2.45, 2.75) is 58.4 Å². The van der Waals surface area contributed by atoms with Crippen molar-refractivity contribution in [3.8, 4) is 0 Å². The van der Waals surface area contributed by atoms with Crippen LogP contribution in [0, 0.1) is 5.92 Å². The summed E-state index contributed by atoms with van der Waals surface area (Å²) >= 11 is 0. The normalized spacial score (nSPS) is 22.5. The molecule has 3 aliphatic heterocycles. The lowest BCUT2D eigenvalue weighted by atomic mass is 9.95. The predicted octanol–water partition coefficient (Wildman–Crippen LogP) is 0.678. The Balaban J connectivity index is 1.66. The van der Waals surface area contributed by atoms with Crippen LogP contribution in [0.15, 0.2) is 10.2 Å². The van der Waals surface area contributed by atoms with E-state index in [1.807, 2.05) is 13.8 Å². The number of carbonyl (C=O) groups is 4. The van der Waals surface area contributed by atoms with E-state index in [0.29, 0.717) is 50.3 Å². The molecule has 3 heterocycles. The average molecular weight is 433 g/mol. The summed E-state index contributed by atoms with van der Waals surface area (Å²) in [5.74, 6) is -0.293. The van der Waals surface area contributed by atoms with Crippen molar-refractivity contribution < 1.29 is 19.2 Å². The van der Waals surface area contributed by atoms with Crippen molar-refractivity contribution in [2.24, 2.45) is 16.1 Å². The standard InChI is InChI=1S/C21H32N6O4/c1-14(2)27(21(31)17-8-10-19(29)25(4)23-17)13-15-6-5-11-26(12-15)20(30)16-7-9-18(28)24(3)22-16/h14-15H,5-13H2,1-4H3/t15-/m0/s1. The van der Waals surface area contributed by atoms with Crippen molar-refractivity contribution >= 4 is 35.1 Å². The van der Waals surface area contributed by atoms with E-state index in [2.05, 4.69) is 10.2 Å². The van der Waals surface area contributed by atoms with Crippen LogP contribution in [0.1, 0.15) is 52.4 Å². The first-order valence-corrected chi connectivity index (χ1v) is 11.0. The Morgan fingerprint density at radius 1 is 1.00 bits per heavy atom. The maximum absolute atomic E-state index is 13.1. The van der Waals surface area contributed by atoms with Gasteiger partial charge in [-0.25, -0.2) is 10.0 Å². The maximum atomic E-state index is 13.1. The van der Waals surface area contributed by atoms with Crippen LogP contribution in [0.25, 0.3) is 0 Å². The van der Waals surface area contributed by atoms with E-state index in [1.165, 1.54) is 10.0 Å². The molecule has 0 aliphatic carbocycles. The monoisotopic (exact) mass is 432 g/mol. The van der Waals surface area contributed by atoms with Crippen LogP contribution in [-0.2, 0) is 19.2 Å². The van der Waals surface area contributed by atoms with Gasteiger partial charge in [0.15, 0.2) is 0 Å². The highest BCUT2D eigenvalue weighted by molar-refractivity contribution is 6.40. The van der Waals surface area contributed by atoms with Gasteiger partial charge >= 0.3 is 0 Å². The van der Waals surface area contributed by atoms with Gasteiger partial charge in [-0.05, 0) is 32.6 Å². The minimum Gasteiger partial charge on any atom is -0.337 e. The Hall–Kier alpha value is -2.78. The van der Waals surface area contributed by atoms with Gasteiger partial charge in [-0.15, -0.1) is 0 Å². The van der Waals surface area contributed by atoms with Crippen molar-refractivity contribution in [2.75, 3.05) is 33.7 Å². The summed E-state index contributed by atoms with van der Waals surface area (Å²) in [5, 5.41) is 10.8. The Bertz CT molecular complexity index is 821. The highest BCUT2D eigenvalue weighted by Crippen LogP contribution is 2.21. The summed E-state index contributed by atoms with van der Waals surface area (Å²) in [6.45, 7) is 5.66. The fourth-order valence-corrected chi connectivity index (χ4v) is 4.20. The highest BCUT2D eigenvalue weighted by Gasteiger charge is 2.33. The molecule has 1 atom stereocenters. The molecule has 10 nitrogen and oxygen atoms in total. The topological polar surface area (TPSA) is 106 Å². The van der Waals surface area contributed by atoms with E-state index in [4.69, 9.17) is 0 Å². The number of hydrogen-bond donors (Lipinski definition) is 0. The summed E-state index contributed by atoms with van der Waals surface area (Å²) in [6, 6.07) is -0.0217. The summed E-state index contributed by atoms with van der Waals surface area (Å²) < 4.78 is 0. The second-order valence-corrected chi connectivity index (χ2v) is 8.74. The summed E-state index contributed by atoms with van der Waals surface area (Å²) in [7, 11) is 3.14. The van der Waals surface area contributed by atoms with Crippen molar-refractivity contribution in [3.05, 3.63) is 0 Å². The van der Waals surface area contributed by atoms with E-state index in [1.54, 1.807) is 23.9 Å². The number of piperidine rings is 1. The fourth-order valence-electron chi connectivity index (χ4n) is 4.20. The molecule has 3 aliphatic rings. The lowest BCUT2D eigenvalue weighted by Gasteiger charge is -2.38. The van der Waals surface area contributed by atoms with Crippen LogP contribution >= 0.6 is 0 Å². The molecule has 3 rings (SSSR count). The zero-order valence-corrected chi connectivity index (χ0v) is 18.8. The van der Waals surface area contributed by atoms with Crippen LogP contribution < -0.4 is 0 Å². The quantitative estimate of drug-likeness (QED) is 0.637. The van der Waals surface area contributed by atoms with Crippen molar-refractivity contribution in [1.29, 1.82) is 0 Å². The maximum Gasteiger partial charge on any atom is 0.270 e. The van der Waals surface area contributed by atoms with E-state index < -0.39 is 0 Å². The van der Waals surface area contributed by atoms with Crippen molar-refractivity contribution in [1.82, 2.24) is 19.8 Å². The first-order valence-electron chi connectivity index (χ1n) is 11.0. The van der Waals surface area contributed by atoms with Gasteiger partial charge in [-0.3, -0.25) is 19.2 Å². The van der Waals surface area contributed by atoms with Gasteiger partial charge in [0.05, 0.1) is 0 Å². The Kier molecular flexibility index (Phi) is 7.07. The molecule has 10 heteroatoms. The van der Waals surface area contributed by atoms with Gasteiger partial charge in [0.25, 0.3) is 11.8 Å². The van der Waals surface area contributed by atoms with Crippen LogP contribution in [0.2, 0.25) is 0 Å². The lowest BCUT2D eigenvalue weighted by molar-refractivity contribution is -0.132.